The van der Waals surface area contributed by atoms with Gasteiger partial charge in [-0.05, 0) is 11.5 Å². The molecule has 1 aromatic heterocycles. The van der Waals surface area contributed by atoms with Gasteiger partial charge in [-0.25, -0.2) is 0 Å². The first kappa shape index (κ1) is 16.6. The van der Waals surface area contributed by atoms with Gasteiger partial charge in [0.2, 0.25) is 5.89 Å². The zero-order valence-corrected chi connectivity index (χ0v) is 13.6. The molecule has 0 radical (unpaired) electrons. The van der Waals surface area contributed by atoms with Crippen molar-refractivity contribution < 1.29 is 9.63 Å². The molecule has 1 heterocycles. The molecule has 5 nitrogen and oxygen atoms in total. The Balaban J connectivity index is 2.16. The molecule has 0 aliphatic rings. The van der Waals surface area contributed by atoms with Gasteiger partial charge >= 0.3 is 0 Å². The van der Waals surface area contributed by atoms with E-state index in [1.165, 1.54) is 5.56 Å². The Morgan fingerprint density at radius 3 is 2.45 bits per heavy atom. The lowest BCUT2D eigenvalue weighted by Crippen LogP contribution is -2.40. The number of benzene rings is 1. The summed E-state index contributed by atoms with van der Waals surface area (Å²) in [5.74, 6) is 1.66. The number of aliphatic hydroxyl groups is 1. The molecular weight excluding hydrogens is 278 g/mol. The number of hydrogen-bond acceptors (Lipinski definition) is 5. The molecule has 0 amide bonds. The summed E-state index contributed by atoms with van der Waals surface area (Å²) in [4.78, 5) is 6.59. The largest absolute Gasteiger partial charge is 0.395 e. The zero-order valence-electron chi connectivity index (χ0n) is 13.6. The van der Waals surface area contributed by atoms with Crippen molar-refractivity contribution in [3.8, 4) is 0 Å². The smallest absolute Gasteiger partial charge is 0.240 e. The van der Waals surface area contributed by atoms with Crippen LogP contribution in [0.5, 0.6) is 0 Å². The van der Waals surface area contributed by atoms with E-state index >= 15 is 0 Å². The van der Waals surface area contributed by atoms with Crippen molar-refractivity contribution in [2.24, 2.45) is 5.92 Å². The van der Waals surface area contributed by atoms with Gasteiger partial charge in [-0.15, -0.1) is 0 Å². The van der Waals surface area contributed by atoms with E-state index in [1.807, 2.05) is 25.1 Å². The average Bonchev–Trinajstić information content (AvgIpc) is 2.96. The standard InChI is InChI=1S/C17H25N3O2/c1-4-16-18-17(22-19-16)11-20(15(12-21)13(2)3)10-14-8-6-5-7-9-14/h5-9,13,15,21H,4,10-12H2,1-3H3. The second-order valence-electron chi connectivity index (χ2n) is 5.84. The van der Waals surface area contributed by atoms with Gasteiger partial charge < -0.3 is 9.63 Å². The molecule has 1 N–H and O–H groups in total. The van der Waals surface area contributed by atoms with Crippen LogP contribution >= 0.6 is 0 Å². The molecule has 120 valence electrons. The summed E-state index contributed by atoms with van der Waals surface area (Å²) < 4.78 is 5.31. The maximum absolute atomic E-state index is 9.77. The molecule has 0 aliphatic heterocycles. The highest BCUT2D eigenvalue weighted by molar-refractivity contribution is 5.14. The lowest BCUT2D eigenvalue weighted by molar-refractivity contribution is 0.0695. The lowest BCUT2D eigenvalue weighted by Gasteiger charge is -2.32. The molecule has 2 aromatic rings. The summed E-state index contributed by atoms with van der Waals surface area (Å²) in [5.41, 5.74) is 1.21. The molecule has 0 aliphatic carbocycles. The molecule has 1 aromatic carbocycles. The van der Waals surface area contributed by atoms with Crippen LogP contribution in [0, 0.1) is 5.92 Å². The number of aliphatic hydroxyl groups excluding tert-OH is 1. The lowest BCUT2D eigenvalue weighted by atomic mass is 10.0. The quantitative estimate of drug-likeness (QED) is 0.812. The molecule has 0 bridgehead atoms. The third kappa shape index (κ3) is 4.39. The van der Waals surface area contributed by atoms with Crippen LogP contribution in [0.1, 0.15) is 38.0 Å². The minimum absolute atomic E-state index is 0.0529. The summed E-state index contributed by atoms with van der Waals surface area (Å²) in [6, 6.07) is 10.3. The van der Waals surface area contributed by atoms with Gasteiger partial charge in [0.15, 0.2) is 5.82 Å². The van der Waals surface area contributed by atoms with Gasteiger partial charge in [0.25, 0.3) is 0 Å². The van der Waals surface area contributed by atoms with Crippen LogP contribution in [0.2, 0.25) is 0 Å². The number of aryl methyl sites for hydroxylation is 1. The third-order valence-electron chi connectivity index (χ3n) is 3.82. The monoisotopic (exact) mass is 303 g/mol. The number of aromatic nitrogens is 2. The van der Waals surface area contributed by atoms with Crippen molar-refractivity contribution in [2.45, 2.75) is 46.3 Å². The highest BCUT2D eigenvalue weighted by Crippen LogP contribution is 2.17. The molecule has 2 rings (SSSR count). The SMILES string of the molecule is CCc1noc(CN(Cc2ccccc2)C(CO)C(C)C)n1. The maximum Gasteiger partial charge on any atom is 0.240 e. The molecule has 0 fully saturated rings. The summed E-state index contributed by atoms with van der Waals surface area (Å²) in [5, 5.41) is 13.7. The Morgan fingerprint density at radius 2 is 1.91 bits per heavy atom. The van der Waals surface area contributed by atoms with Crippen LogP contribution in [-0.2, 0) is 19.5 Å². The topological polar surface area (TPSA) is 62.4 Å². The van der Waals surface area contributed by atoms with Crippen molar-refractivity contribution in [3.63, 3.8) is 0 Å². The Morgan fingerprint density at radius 1 is 1.18 bits per heavy atom. The van der Waals surface area contributed by atoms with Gasteiger partial charge in [0.1, 0.15) is 0 Å². The molecule has 0 saturated carbocycles. The van der Waals surface area contributed by atoms with E-state index in [2.05, 4.69) is 41.0 Å². The van der Waals surface area contributed by atoms with Crippen LogP contribution in [0.4, 0.5) is 0 Å². The zero-order chi connectivity index (χ0) is 15.9. The first-order chi connectivity index (χ1) is 10.6. The average molecular weight is 303 g/mol. The Labute approximate surface area is 132 Å². The maximum atomic E-state index is 9.77. The van der Waals surface area contributed by atoms with Gasteiger partial charge in [-0.3, -0.25) is 4.90 Å². The fraction of sp³-hybridized carbons (Fsp3) is 0.529. The predicted octanol–water partition coefficient (Wildman–Crippen LogP) is 2.65. The summed E-state index contributed by atoms with van der Waals surface area (Å²) >= 11 is 0. The molecule has 22 heavy (non-hydrogen) atoms. The van der Waals surface area contributed by atoms with E-state index in [9.17, 15) is 5.11 Å². The van der Waals surface area contributed by atoms with Crippen molar-refractivity contribution in [1.82, 2.24) is 15.0 Å². The first-order valence-corrected chi connectivity index (χ1v) is 7.84. The van der Waals surface area contributed by atoms with Gasteiger partial charge in [0, 0.05) is 19.0 Å². The fourth-order valence-corrected chi connectivity index (χ4v) is 2.53. The van der Waals surface area contributed by atoms with E-state index in [-0.39, 0.29) is 12.6 Å². The second kappa shape index (κ2) is 8.06. The van der Waals surface area contributed by atoms with E-state index in [1.54, 1.807) is 0 Å². The van der Waals surface area contributed by atoms with E-state index in [4.69, 9.17) is 4.52 Å². The molecule has 1 unspecified atom stereocenters. The predicted molar refractivity (Wildman–Crippen MR) is 85.1 cm³/mol. The minimum atomic E-state index is 0.0529. The fourth-order valence-electron chi connectivity index (χ4n) is 2.53. The molecular formula is C17H25N3O2. The number of nitrogens with zero attached hydrogens (tertiary/aromatic N) is 3. The van der Waals surface area contributed by atoms with Crippen molar-refractivity contribution >= 4 is 0 Å². The van der Waals surface area contributed by atoms with Gasteiger partial charge in [-0.2, -0.15) is 4.98 Å². The summed E-state index contributed by atoms with van der Waals surface area (Å²) in [6.45, 7) is 7.63. The van der Waals surface area contributed by atoms with E-state index in [0.29, 0.717) is 18.4 Å². The van der Waals surface area contributed by atoms with Crippen LogP contribution in [-0.4, -0.2) is 32.8 Å². The number of rotatable bonds is 8. The third-order valence-corrected chi connectivity index (χ3v) is 3.82. The van der Waals surface area contributed by atoms with Crippen LogP contribution < -0.4 is 0 Å². The van der Waals surface area contributed by atoms with Crippen molar-refractivity contribution in [3.05, 3.63) is 47.6 Å². The summed E-state index contributed by atoms with van der Waals surface area (Å²) in [6.07, 6.45) is 0.760. The van der Waals surface area contributed by atoms with Gasteiger partial charge in [-0.1, -0.05) is 56.3 Å². The minimum Gasteiger partial charge on any atom is -0.395 e. The summed E-state index contributed by atoms with van der Waals surface area (Å²) in [7, 11) is 0. The van der Waals surface area contributed by atoms with E-state index < -0.39 is 0 Å². The first-order valence-electron chi connectivity index (χ1n) is 7.84. The highest BCUT2D eigenvalue weighted by atomic mass is 16.5. The number of hydrogen-bond donors (Lipinski definition) is 1. The van der Waals surface area contributed by atoms with Gasteiger partial charge in [0.05, 0.1) is 13.2 Å². The molecule has 0 saturated heterocycles. The van der Waals surface area contributed by atoms with Crippen molar-refractivity contribution in [2.75, 3.05) is 6.61 Å². The normalized spacial score (nSPS) is 13.0. The highest BCUT2D eigenvalue weighted by Gasteiger charge is 2.23. The Bertz CT molecular complexity index is 554. The van der Waals surface area contributed by atoms with Crippen LogP contribution in [0.25, 0.3) is 0 Å². The Kier molecular flexibility index (Phi) is 6.10. The second-order valence-corrected chi connectivity index (χ2v) is 5.84. The molecule has 1 atom stereocenters. The van der Waals surface area contributed by atoms with E-state index in [0.717, 1.165) is 18.8 Å². The van der Waals surface area contributed by atoms with Crippen LogP contribution in [0.15, 0.2) is 34.9 Å². The molecule has 0 spiro atoms. The van der Waals surface area contributed by atoms with Crippen molar-refractivity contribution in [1.29, 1.82) is 0 Å². The Hall–Kier alpha value is -1.72. The molecule has 5 heteroatoms. The van der Waals surface area contributed by atoms with Crippen LogP contribution in [0.3, 0.4) is 0 Å².